The molecule has 0 aromatic carbocycles. The van der Waals surface area contributed by atoms with E-state index in [0.717, 1.165) is 36.6 Å². The molecule has 10 nitrogen and oxygen atoms in total. The maximum Gasteiger partial charge on any atom is 0.422 e. The van der Waals surface area contributed by atoms with Gasteiger partial charge in [-0.1, -0.05) is 0 Å². The summed E-state index contributed by atoms with van der Waals surface area (Å²) in [6.45, 7) is -1.16. The fraction of sp³-hybridized carbons (Fsp3) is 0.688. The smallest absolute Gasteiger partial charge is 0.422 e. The third kappa shape index (κ3) is 3.08. The van der Waals surface area contributed by atoms with Crippen molar-refractivity contribution in [1.29, 1.82) is 0 Å². The average Bonchev–Trinajstić information content (AvgIpc) is 3.35. The standard InChI is InChI=1S/C16H20F3N5O5/c17-16(18,19)15(27)8(5-25)29-13(10(15)26)24-6-21-9-11(20)22-14(23-12(9)24)28-7-3-1-2-4-7/h6-8,10,13,25-27H,1-5H2,(H2,20,22,23)/t8-,10+,13+,15-/m0/s1. The minimum absolute atomic E-state index is 0.0299. The van der Waals surface area contributed by atoms with Crippen molar-refractivity contribution in [3.05, 3.63) is 6.33 Å². The summed E-state index contributed by atoms with van der Waals surface area (Å²) >= 11 is 0. The Hall–Kier alpha value is -2.22. The predicted octanol–water partition coefficient (Wildman–Crippen LogP) is 0.274. The van der Waals surface area contributed by atoms with E-state index in [1.807, 2.05) is 0 Å². The van der Waals surface area contributed by atoms with Gasteiger partial charge in [-0.2, -0.15) is 23.1 Å². The molecular weight excluding hydrogens is 399 g/mol. The first-order chi connectivity index (χ1) is 13.7. The van der Waals surface area contributed by atoms with Crippen LogP contribution in [0.3, 0.4) is 0 Å². The van der Waals surface area contributed by atoms with Crippen LogP contribution < -0.4 is 10.5 Å². The highest BCUT2D eigenvalue weighted by molar-refractivity contribution is 5.82. The fourth-order valence-electron chi connectivity index (χ4n) is 3.82. The lowest BCUT2D eigenvalue weighted by atomic mass is 9.91. The highest BCUT2D eigenvalue weighted by atomic mass is 19.4. The van der Waals surface area contributed by atoms with E-state index in [1.165, 1.54) is 0 Å². The lowest BCUT2D eigenvalue weighted by Gasteiger charge is -2.31. The number of fused-ring (bicyclic) bond motifs is 1. The van der Waals surface area contributed by atoms with Crippen LogP contribution in [0.15, 0.2) is 6.33 Å². The van der Waals surface area contributed by atoms with Gasteiger partial charge in [0.15, 0.2) is 23.2 Å². The summed E-state index contributed by atoms with van der Waals surface area (Å²) in [4.78, 5) is 12.2. The highest BCUT2D eigenvalue weighted by Crippen LogP contribution is 2.47. The van der Waals surface area contributed by atoms with Gasteiger partial charge in [-0.05, 0) is 25.7 Å². The third-order valence-corrected chi connectivity index (χ3v) is 5.41. The number of aliphatic hydroxyl groups is 3. The number of alkyl halides is 3. The second kappa shape index (κ2) is 6.93. The van der Waals surface area contributed by atoms with Crippen molar-refractivity contribution in [1.82, 2.24) is 19.5 Å². The number of rotatable bonds is 4. The van der Waals surface area contributed by atoms with Crippen molar-refractivity contribution < 1.29 is 38.0 Å². The summed E-state index contributed by atoms with van der Waals surface area (Å²) in [6, 6.07) is -0.0686. The maximum atomic E-state index is 13.4. The molecule has 160 valence electrons. The lowest BCUT2D eigenvalue weighted by Crippen LogP contribution is -2.59. The summed E-state index contributed by atoms with van der Waals surface area (Å²) in [5, 5.41) is 29.7. The van der Waals surface area contributed by atoms with E-state index in [2.05, 4.69) is 15.0 Å². The molecule has 2 aliphatic rings. The van der Waals surface area contributed by atoms with E-state index in [0.29, 0.717) is 0 Å². The summed E-state index contributed by atoms with van der Waals surface area (Å²) in [5.41, 5.74) is 2.24. The molecule has 29 heavy (non-hydrogen) atoms. The van der Waals surface area contributed by atoms with Crippen LogP contribution in [-0.2, 0) is 4.74 Å². The van der Waals surface area contributed by atoms with E-state index in [4.69, 9.17) is 15.2 Å². The number of anilines is 1. The van der Waals surface area contributed by atoms with E-state index < -0.39 is 36.8 Å². The van der Waals surface area contributed by atoms with Gasteiger partial charge in [-0.3, -0.25) is 4.57 Å². The van der Waals surface area contributed by atoms with Crippen LogP contribution in [0.5, 0.6) is 6.01 Å². The van der Waals surface area contributed by atoms with Crippen molar-refractivity contribution in [2.24, 2.45) is 0 Å². The molecule has 5 N–H and O–H groups in total. The molecule has 1 saturated carbocycles. The molecule has 2 aromatic rings. The molecule has 0 spiro atoms. The zero-order valence-corrected chi connectivity index (χ0v) is 15.1. The van der Waals surface area contributed by atoms with E-state index in [-0.39, 0.29) is 29.1 Å². The molecule has 4 rings (SSSR count). The topological polar surface area (TPSA) is 149 Å². The van der Waals surface area contributed by atoms with Gasteiger partial charge in [0.1, 0.15) is 18.3 Å². The van der Waals surface area contributed by atoms with Crippen LogP contribution in [0.1, 0.15) is 31.9 Å². The number of ether oxygens (including phenoxy) is 2. The van der Waals surface area contributed by atoms with Gasteiger partial charge < -0.3 is 30.5 Å². The van der Waals surface area contributed by atoms with Gasteiger partial charge in [0, 0.05) is 0 Å². The number of hydrogen-bond acceptors (Lipinski definition) is 9. The summed E-state index contributed by atoms with van der Waals surface area (Å²) in [6.07, 6.45) is -6.91. The monoisotopic (exact) mass is 419 g/mol. The normalized spacial score (nSPS) is 31.0. The molecule has 0 amide bonds. The minimum atomic E-state index is -5.25. The highest BCUT2D eigenvalue weighted by Gasteiger charge is 2.70. The molecule has 1 aliphatic heterocycles. The number of aliphatic hydroxyl groups excluding tert-OH is 2. The number of aromatic nitrogens is 4. The number of nitrogens with two attached hydrogens (primary N) is 1. The molecule has 13 heteroatoms. The van der Waals surface area contributed by atoms with Gasteiger partial charge in [-0.25, -0.2) is 4.98 Å². The second-order valence-electron chi connectivity index (χ2n) is 7.21. The Balaban J connectivity index is 1.73. The predicted molar refractivity (Wildman–Crippen MR) is 90.6 cm³/mol. The number of halogens is 3. The number of nitrogens with zero attached hydrogens (tertiary/aromatic N) is 4. The van der Waals surface area contributed by atoms with Gasteiger partial charge >= 0.3 is 12.2 Å². The van der Waals surface area contributed by atoms with Crippen LogP contribution in [0.4, 0.5) is 19.0 Å². The van der Waals surface area contributed by atoms with E-state index in [1.54, 1.807) is 0 Å². The van der Waals surface area contributed by atoms with Crippen molar-refractivity contribution >= 4 is 17.0 Å². The summed E-state index contributed by atoms with van der Waals surface area (Å²) in [5.74, 6) is -0.0565. The molecular formula is C16H20F3N5O5. The number of nitrogen functional groups attached to an aromatic ring is 1. The molecule has 4 atom stereocenters. The van der Waals surface area contributed by atoms with Gasteiger partial charge in [0.25, 0.3) is 0 Å². The van der Waals surface area contributed by atoms with Crippen molar-refractivity contribution in [3.8, 4) is 6.01 Å². The van der Waals surface area contributed by atoms with Crippen molar-refractivity contribution in [2.45, 2.75) is 62.0 Å². The minimum Gasteiger partial charge on any atom is -0.460 e. The van der Waals surface area contributed by atoms with Gasteiger partial charge in [-0.15, -0.1) is 0 Å². The molecule has 0 unspecified atom stereocenters. The average molecular weight is 419 g/mol. The molecule has 0 bridgehead atoms. The Morgan fingerprint density at radius 3 is 2.59 bits per heavy atom. The maximum absolute atomic E-state index is 13.4. The van der Waals surface area contributed by atoms with E-state index in [9.17, 15) is 28.5 Å². The van der Waals surface area contributed by atoms with Gasteiger partial charge in [0.2, 0.25) is 5.60 Å². The first kappa shape index (κ1) is 20.1. The van der Waals surface area contributed by atoms with Gasteiger partial charge in [0.05, 0.1) is 12.9 Å². The van der Waals surface area contributed by atoms with Crippen molar-refractivity contribution in [2.75, 3.05) is 12.3 Å². The molecule has 3 heterocycles. The largest absolute Gasteiger partial charge is 0.460 e. The van der Waals surface area contributed by atoms with Crippen molar-refractivity contribution in [3.63, 3.8) is 0 Å². The molecule has 2 fully saturated rings. The molecule has 2 aromatic heterocycles. The third-order valence-electron chi connectivity index (χ3n) is 5.41. The summed E-state index contributed by atoms with van der Waals surface area (Å²) < 4.78 is 52.1. The summed E-state index contributed by atoms with van der Waals surface area (Å²) in [7, 11) is 0. The first-order valence-corrected chi connectivity index (χ1v) is 9.07. The Morgan fingerprint density at radius 1 is 1.31 bits per heavy atom. The number of imidazole rings is 1. The zero-order chi connectivity index (χ0) is 21.0. The molecule has 1 aliphatic carbocycles. The Morgan fingerprint density at radius 2 is 2.00 bits per heavy atom. The molecule has 0 radical (unpaired) electrons. The quantitative estimate of drug-likeness (QED) is 0.548. The first-order valence-electron chi connectivity index (χ1n) is 9.07. The zero-order valence-electron chi connectivity index (χ0n) is 15.1. The Labute approximate surface area is 162 Å². The second-order valence-corrected chi connectivity index (χ2v) is 7.21. The van der Waals surface area contributed by atoms with E-state index >= 15 is 0 Å². The van der Waals surface area contributed by atoms with Crippen LogP contribution in [0.2, 0.25) is 0 Å². The Kier molecular flexibility index (Phi) is 4.80. The Bertz CT molecular complexity index is 903. The van der Waals surface area contributed by atoms with Crippen LogP contribution in [0.25, 0.3) is 11.2 Å². The van der Waals surface area contributed by atoms with Crippen LogP contribution >= 0.6 is 0 Å². The fourth-order valence-corrected chi connectivity index (χ4v) is 3.82. The SMILES string of the molecule is Nc1nc(OC2CCCC2)nc2c1ncn2[C@@H]1O[C@@H](CO)[C@@](O)(C(F)(F)F)[C@@H]1O. The number of hydrogen-bond donors (Lipinski definition) is 4. The molecule has 1 saturated heterocycles. The lowest BCUT2D eigenvalue weighted by molar-refractivity contribution is -0.296. The van der Waals surface area contributed by atoms with Crippen LogP contribution in [-0.4, -0.2) is 71.5 Å². The van der Waals surface area contributed by atoms with Crippen LogP contribution in [0, 0.1) is 0 Å².